The number of rotatable bonds is 6. The molecule has 3 aromatic carbocycles. The summed E-state index contributed by atoms with van der Waals surface area (Å²) in [5, 5.41) is 10.5. The molecule has 128 valence electrons. The van der Waals surface area contributed by atoms with Crippen molar-refractivity contribution in [3.05, 3.63) is 107 Å². The molecule has 26 heavy (non-hydrogen) atoms. The van der Waals surface area contributed by atoms with Crippen molar-refractivity contribution in [2.45, 2.75) is 18.3 Å². The molecular formula is C23H18ClNO. The second-order valence-electron chi connectivity index (χ2n) is 6.17. The molecule has 0 aliphatic heterocycles. The molecule has 0 aliphatic carbocycles. The van der Waals surface area contributed by atoms with Crippen LogP contribution in [0.4, 0.5) is 0 Å². The number of benzene rings is 3. The highest BCUT2D eigenvalue weighted by atomic mass is 35.5. The quantitative estimate of drug-likeness (QED) is 0.506. The number of nitrogens with zero attached hydrogens (tertiary/aromatic N) is 1. The van der Waals surface area contributed by atoms with Crippen LogP contribution in [0.2, 0.25) is 5.02 Å². The first kappa shape index (κ1) is 17.9. The van der Waals surface area contributed by atoms with Gasteiger partial charge in [-0.25, -0.2) is 0 Å². The largest absolute Gasteiger partial charge is 0.294 e. The van der Waals surface area contributed by atoms with E-state index in [0.717, 1.165) is 11.1 Å². The summed E-state index contributed by atoms with van der Waals surface area (Å²) in [5.74, 6) is -0.626. The van der Waals surface area contributed by atoms with Gasteiger partial charge in [-0.3, -0.25) is 4.79 Å². The minimum Gasteiger partial charge on any atom is -0.294 e. The van der Waals surface area contributed by atoms with Gasteiger partial charge in [0.25, 0.3) is 0 Å². The van der Waals surface area contributed by atoms with Gasteiger partial charge in [0.2, 0.25) is 0 Å². The molecule has 2 atom stereocenters. The highest BCUT2D eigenvalue weighted by Crippen LogP contribution is 2.36. The molecule has 0 aromatic heterocycles. The Balaban J connectivity index is 1.97. The van der Waals surface area contributed by atoms with E-state index in [4.69, 9.17) is 11.6 Å². The van der Waals surface area contributed by atoms with E-state index in [-0.39, 0.29) is 18.1 Å². The highest BCUT2D eigenvalue weighted by molar-refractivity contribution is 6.30. The topological polar surface area (TPSA) is 40.9 Å². The Labute approximate surface area is 158 Å². The molecule has 3 rings (SSSR count). The number of nitriles is 1. The summed E-state index contributed by atoms with van der Waals surface area (Å²) in [6.07, 6.45) is 0.263. The van der Waals surface area contributed by atoms with Gasteiger partial charge in [0.1, 0.15) is 0 Å². The van der Waals surface area contributed by atoms with E-state index < -0.39 is 5.92 Å². The van der Waals surface area contributed by atoms with E-state index in [9.17, 15) is 10.1 Å². The molecule has 0 aliphatic rings. The van der Waals surface area contributed by atoms with Crippen molar-refractivity contribution in [1.29, 1.82) is 5.26 Å². The normalized spacial score (nSPS) is 12.8. The summed E-state index contributed by atoms with van der Waals surface area (Å²) in [6.45, 7) is 0. The van der Waals surface area contributed by atoms with E-state index in [2.05, 4.69) is 6.07 Å². The van der Waals surface area contributed by atoms with E-state index in [1.54, 1.807) is 12.1 Å². The average molecular weight is 360 g/mol. The fourth-order valence-electron chi connectivity index (χ4n) is 3.14. The first-order valence-electron chi connectivity index (χ1n) is 8.47. The molecule has 0 radical (unpaired) electrons. The van der Waals surface area contributed by atoms with Gasteiger partial charge in [-0.2, -0.15) is 5.26 Å². The first-order chi connectivity index (χ1) is 12.7. The third-order valence-corrected chi connectivity index (χ3v) is 4.75. The first-order valence-corrected chi connectivity index (χ1v) is 8.85. The van der Waals surface area contributed by atoms with Crippen molar-refractivity contribution < 1.29 is 4.79 Å². The predicted octanol–water partition coefficient (Wildman–Crippen LogP) is 6.00. The van der Waals surface area contributed by atoms with Gasteiger partial charge < -0.3 is 0 Å². The molecule has 0 saturated carbocycles. The number of hydrogen-bond donors (Lipinski definition) is 0. The zero-order valence-corrected chi connectivity index (χ0v) is 14.9. The molecule has 2 unspecified atom stereocenters. The maximum absolute atomic E-state index is 12.8. The Morgan fingerprint density at radius 1 is 0.846 bits per heavy atom. The molecule has 0 N–H and O–H groups in total. The molecule has 3 aromatic rings. The van der Waals surface area contributed by atoms with Crippen LogP contribution in [0.15, 0.2) is 84.9 Å². The summed E-state index contributed by atoms with van der Waals surface area (Å²) in [4.78, 5) is 12.8. The second-order valence-corrected chi connectivity index (χ2v) is 6.61. The molecule has 0 saturated heterocycles. The molecular weight excluding hydrogens is 342 g/mol. The predicted molar refractivity (Wildman–Crippen MR) is 104 cm³/mol. The van der Waals surface area contributed by atoms with Gasteiger partial charge in [-0.15, -0.1) is 0 Å². The average Bonchev–Trinajstić information content (AvgIpc) is 2.70. The summed E-state index contributed by atoms with van der Waals surface area (Å²) in [5.41, 5.74) is 2.51. The van der Waals surface area contributed by atoms with Gasteiger partial charge >= 0.3 is 0 Å². The van der Waals surface area contributed by atoms with Crippen molar-refractivity contribution in [3.8, 4) is 6.07 Å². The van der Waals surface area contributed by atoms with Crippen LogP contribution in [-0.2, 0) is 0 Å². The Morgan fingerprint density at radius 2 is 1.42 bits per heavy atom. The fourth-order valence-corrected chi connectivity index (χ4v) is 3.26. The third-order valence-electron chi connectivity index (χ3n) is 4.50. The lowest BCUT2D eigenvalue weighted by Gasteiger charge is -2.22. The zero-order valence-electron chi connectivity index (χ0n) is 14.2. The van der Waals surface area contributed by atoms with Crippen molar-refractivity contribution in [3.63, 3.8) is 0 Å². The molecule has 0 fully saturated rings. The lowest BCUT2D eigenvalue weighted by Crippen LogP contribution is -2.15. The lowest BCUT2D eigenvalue weighted by atomic mass is 9.78. The van der Waals surface area contributed by atoms with Gasteiger partial charge in [0, 0.05) is 22.9 Å². The number of halogens is 1. The van der Waals surface area contributed by atoms with Crippen LogP contribution in [0.3, 0.4) is 0 Å². The van der Waals surface area contributed by atoms with Crippen molar-refractivity contribution in [1.82, 2.24) is 0 Å². The number of hydrogen-bond acceptors (Lipinski definition) is 2. The maximum Gasteiger partial charge on any atom is 0.163 e. The molecule has 3 heteroatoms. The van der Waals surface area contributed by atoms with E-state index in [1.807, 2.05) is 72.8 Å². The summed E-state index contributed by atoms with van der Waals surface area (Å²) in [6, 6.07) is 28.6. The van der Waals surface area contributed by atoms with E-state index in [1.165, 1.54) is 0 Å². The van der Waals surface area contributed by atoms with Crippen LogP contribution in [0.5, 0.6) is 0 Å². The second kappa shape index (κ2) is 8.47. The smallest absolute Gasteiger partial charge is 0.163 e. The monoisotopic (exact) mass is 359 g/mol. The van der Waals surface area contributed by atoms with E-state index >= 15 is 0 Å². The number of ketones is 1. The van der Waals surface area contributed by atoms with Gasteiger partial charge in [0.05, 0.1) is 12.0 Å². The number of Topliss-reactive ketones (excluding diaryl/α,β-unsaturated/α-hetero) is 1. The van der Waals surface area contributed by atoms with Crippen LogP contribution in [0.25, 0.3) is 0 Å². The SMILES string of the molecule is N#CC(c1ccccc1)C(CC(=O)c1ccccc1)c1ccc(Cl)cc1. The molecule has 0 spiro atoms. The Morgan fingerprint density at radius 3 is 2.00 bits per heavy atom. The van der Waals surface area contributed by atoms with Gasteiger partial charge in [0.15, 0.2) is 5.78 Å². The molecule has 2 nitrogen and oxygen atoms in total. The van der Waals surface area contributed by atoms with Gasteiger partial charge in [-0.05, 0) is 23.3 Å². The van der Waals surface area contributed by atoms with Crippen LogP contribution < -0.4 is 0 Å². The fraction of sp³-hybridized carbons (Fsp3) is 0.130. The third kappa shape index (κ3) is 4.20. The zero-order chi connectivity index (χ0) is 18.4. The lowest BCUT2D eigenvalue weighted by molar-refractivity contribution is 0.0972. The molecule has 0 amide bonds. The summed E-state index contributed by atoms with van der Waals surface area (Å²) in [7, 11) is 0. The Bertz CT molecular complexity index is 898. The van der Waals surface area contributed by atoms with Gasteiger partial charge in [-0.1, -0.05) is 84.4 Å². The van der Waals surface area contributed by atoms with Crippen LogP contribution in [0, 0.1) is 11.3 Å². The van der Waals surface area contributed by atoms with Crippen LogP contribution in [-0.4, -0.2) is 5.78 Å². The minimum absolute atomic E-state index is 0.0294. The van der Waals surface area contributed by atoms with Crippen molar-refractivity contribution >= 4 is 17.4 Å². The van der Waals surface area contributed by atoms with E-state index in [0.29, 0.717) is 10.6 Å². The standard InChI is InChI=1S/C23H18ClNO/c24-20-13-11-18(12-14-20)21(15-23(26)19-9-5-2-6-10-19)22(16-25)17-7-3-1-4-8-17/h1-14,21-22H,15H2. The number of carbonyl (C=O) groups excluding carboxylic acids is 1. The molecule has 0 bridgehead atoms. The minimum atomic E-state index is -0.412. The summed E-state index contributed by atoms with van der Waals surface area (Å²) < 4.78 is 0. The van der Waals surface area contributed by atoms with Crippen LogP contribution in [0.1, 0.15) is 39.7 Å². The Hall–Kier alpha value is -2.89. The van der Waals surface area contributed by atoms with Crippen molar-refractivity contribution in [2.75, 3.05) is 0 Å². The number of carbonyl (C=O) groups is 1. The Kier molecular flexibility index (Phi) is 5.84. The summed E-state index contributed by atoms with van der Waals surface area (Å²) >= 11 is 6.02. The maximum atomic E-state index is 12.8. The van der Waals surface area contributed by atoms with Crippen molar-refractivity contribution in [2.24, 2.45) is 0 Å². The van der Waals surface area contributed by atoms with Crippen LogP contribution >= 0.6 is 11.6 Å². The highest BCUT2D eigenvalue weighted by Gasteiger charge is 2.27. The molecule has 0 heterocycles.